The molecule has 3 N–H and O–H groups in total. The molecule has 1 fully saturated rings. The molecule has 4 heteroatoms. The summed E-state index contributed by atoms with van der Waals surface area (Å²) in [4.78, 5) is 2.24. The summed E-state index contributed by atoms with van der Waals surface area (Å²) in [7, 11) is 1.61. The Hall–Kier alpha value is -0.160. The summed E-state index contributed by atoms with van der Waals surface area (Å²) in [6.45, 7) is 3.13. The van der Waals surface area contributed by atoms with Gasteiger partial charge in [-0.1, -0.05) is 0 Å². The first kappa shape index (κ1) is 10.9. The summed E-state index contributed by atoms with van der Waals surface area (Å²) >= 11 is 0. The molecule has 0 aliphatic carbocycles. The molecule has 0 radical (unpaired) electrons. The summed E-state index contributed by atoms with van der Waals surface area (Å²) in [5.41, 5.74) is 5.77. The molecule has 0 spiro atoms. The third-order valence-corrected chi connectivity index (χ3v) is 2.46. The molecule has 0 aromatic heterocycles. The van der Waals surface area contributed by atoms with Crippen LogP contribution in [0.5, 0.6) is 0 Å². The summed E-state index contributed by atoms with van der Waals surface area (Å²) in [6, 6.07) is 0.357. The second-order valence-electron chi connectivity index (χ2n) is 3.75. The standard InChI is InChI=1S/C9H20N2O2/c1-13-7-9(12)6-11-4-2-8(10)3-5-11/h8-9,12H,2-7,10H2,1H3/t9-/m0/s1. The normalized spacial score (nSPS) is 23.3. The van der Waals surface area contributed by atoms with Crippen molar-refractivity contribution < 1.29 is 9.84 Å². The number of methoxy groups -OCH3 is 1. The van der Waals surface area contributed by atoms with Crippen molar-refractivity contribution in [1.29, 1.82) is 0 Å². The van der Waals surface area contributed by atoms with E-state index in [0.29, 0.717) is 19.2 Å². The predicted octanol–water partition coefficient (Wildman–Crippen LogP) is -0.583. The summed E-state index contributed by atoms with van der Waals surface area (Å²) < 4.78 is 4.86. The fraction of sp³-hybridized carbons (Fsp3) is 1.00. The van der Waals surface area contributed by atoms with E-state index in [1.54, 1.807) is 7.11 Å². The number of nitrogens with zero attached hydrogens (tertiary/aromatic N) is 1. The summed E-state index contributed by atoms with van der Waals surface area (Å²) in [5.74, 6) is 0. The lowest BCUT2D eigenvalue weighted by atomic mass is 10.1. The Bertz CT molecular complexity index is 136. The van der Waals surface area contributed by atoms with Crippen LogP contribution in [-0.4, -0.2) is 55.5 Å². The minimum absolute atomic E-state index is 0.357. The zero-order valence-corrected chi connectivity index (χ0v) is 8.28. The highest BCUT2D eigenvalue weighted by Gasteiger charge is 2.18. The Labute approximate surface area is 79.7 Å². The molecule has 0 bridgehead atoms. The van der Waals surface area contributed by atoms with Gasteiger partial charge in [0.2, 0.25) is 0 Å². The van der Waals surface area contributed by atoms with Gasteiger partial charge in [-0.2, -0.15) is 0 Å². The largest absolute Gasteiger partial charge is 0.389 e. The number of aliphatic hydroxyl groups is 1. The van der Waals surface area contributed by atoms with Crippen LogP contribution in [0.2, 0.25) is 0 Å². The molecule has 0 aromatic carbocycles. The van der Waals surface area contributed by atoms with Crippen molar-refractivity contribution in [3.8, 4) is 0 Å². The Morgan fingerprint density at radius 1 is 1.54 bits per heavy atom. The molecule has 1 aliphatic rings. The van der Waals surface area contributed by atoms with Gasteiger partial charge in [0.1, 0.15) is 0 Å². The molecule has 1 aliphatic heterocycles. The third kappa shape index (κ3) is 4.04. The average Bonchev–Trinajstić information content (AvgIpc) is 2.09. The highest BCUT2D eigenvalue weighted by molar-refractivity contribution is 4.75. The van der Waals surface area contributed by atoms with Crippen LogP contribution in [-0.2, 0) is 4.74 Å². The molecule has 0 saturated carbocycles. The number of ether oxygens (including phenoxy) is 1. The molecule has 1 atom stereocenters. The predicted molar refractivity (Wildman–Crippen MR) is 51.5 cm³/mol. The number of hydrogen-bond acceptors (Lipinski definition) is 4. The maximum Gasteiger partial charge on any atom is 0.0900 e. The lowest BCUT2D eigenvalue weighted by molar-refractivity contribution is 0.0322. The van der Waals surface area contributed by atoms with Crippen LogP contribution in [0.1, 0.15) is 12.8 Å². The van der Waals surface area contributed by atoms with E-state index in [2.05, 4.69) is 4.90 Å². The van der Waals surface area contributed by atoms with Crippen molar-refractivity contribution in [3.63, 3.8) is 0 Å². The second kappa shape index (κ2) is 5.54. The Kier molecular flexibility index (Phi) is 4.66. The van der Waals surface area contributed by atoms with Gasteiger partial charge in [-0.25, -0.2) is 0 Å². The van der Waals surface area contributed by atoms with Gasteiger partial charge in [0.05, 0.1) is 12.7 Å². The minimum Gasteiger partial charge on any atom is -0.389 e. The van der Waals surface area contributed by atoms with Crippen LogP contribution < -0.4 is 5.73 Å². The zero-order chi connectivity index (χ0) is 9.68. The Morgan fingerprint density at radius 3 is 2.69 bits per heavy atom. The number of rotatable bonds is 4. The highest BCUT2D eigenvalue weighted by Crippen LogP contribution is 2.08. The summed E-state index contributed by atoms with van der Waals surface area (Å²) in [6.07, 6.45) is 1.72. The second-order valence-corrected chi connectivity index (χ2v) is 3.75. The molecule has 1 heterocycles. The van der Waals surface area contributed by atoms with E-state index in [4.69, 9.17) is 10.5 Å². The van der Waals surface area contributed by atoms with E-state index < -0.39 is 0 Å². The van der Waals surface area contributed by atoms with E-state index in [1.807, 2.05) is 0 Å². The van der Waals surface area contributed by atoms with E-state index >= 15 is 0 Å². The van der Waals surface area contributed by atoms with Crippen molar-refractivity contribution in [2.24, 2.45) is 5.73 Å². The zero-order valence-electron chi connectivity index (χ0n) is 8.28. The summed E-state index contributed by atoms with van der Waals surface area (Å²) in [5, 5.41) is 9.47. The first-order valence-electron chi connectivity index (χ1n) is 4.87. The van der Waals surface area contributed by atoms with Gasteiger partial charge in [0.25, 0.3) is 0 Å². The maximum atomic E-state index is 9.47. The molecule has 1 saturated heterocycles. The van der Waals surface area contributed by atoms with Crippen molar-refractivity contribution in [2.75, 3.05) is 33.4 Å². The fourth-order valence-electron chi connectivity index (χ4n) is 1.68. The lowest BCUT2D eigenvalue weighted by Gasteiger charge is -2.31. The number of β-amino-alcohol motifs (C(OH)–C–C–N with tert-alkyl or cyclic N) is 1. The lowest BCUT2D eigenvalue weighted by Crippen LogP contribution is -2.43. The van der Waals surface area contributed by atoms with Crippen molar-refractivity contribution in [1.82, 2.24) is 4.90 Å². The van der Waals surface area contributed by atoms with Crippen LogP contribution in [0, 0.1) is 0 Å². The third-order valence-electron chi connectivity index (χ3n) is 2.46. The van der Waals surface area contributed by atoms with Crippen molar-refractivity contribution in [2.45, 2.75) is 25.0 Å². The number of likely N-dealkylation sites (tertiary alicyclic amines) is 1. The van der Waals surface area contributed by atoms with Gasteiger partial charge >= 0.3 is 0 Å². The first-order chi connectivity index (χ1) is 6.22. The first-order valence-corrected chi connectivity index (χ1v) is 4.87. The van der Waals surface area contributed by atoms with Crippen LogP contribution in [0.25, 0.3) is 0 Å². The highest BCUT2D eigenvalue weighted by atomic mass is 16.5. The van der Waals surface area contributed by atoms with Gasteiger partial charge in [-0.3, -0.25) is 0 Å². The molecule has 4 nitrogen and oxygen atoms in total. The van der Waals surface area contributed by atoms with E-state index in [-0.39, 0.29) is 6.10 Å². The molecule has 1 rings (SSSR count). The molecular formula is C9H20N2O2. The van der Waals surface area contributed by atoms with Crippen LogP contribution in [0.4, 0.5) is 0 Å². The fourth-order valence-corrected chi connectivity index (χ4v) is 1.68. The molecular weight excluding hydrogens is 168 g/mol. The monoisotopic (exact) mass is 188 g/mol. The smallest absolute Gasteiger partial charge is 0.0900 e. The van der Waals surface area contributed by atoms with Gasteiger partial charge in [0, 0.05) is 19.7 Å². The quantitative estimate of drug-likeness (QED) is 0.619. The molecule has 0 unspecified atom stereocenters. The van der Waals surface area contributed by atoms with Gasteiger partial charge in [0.15, 0.2) is 0 Å². The van der Waals surface area contributed by atoms with Crippen LogP contribution >= 0.6 is 0 Å². The Morgan fingerprint density at radius 2 is 2.15 bits per heavy atom. The molecule has 78 valence electrons. The van der Waals surface area contributed by atoms with E-state index in [1.165, 1.54) is 0 Å². The number of piperidine rings is 1. The number of nitrogens with two attached hydrogens (primary N) is 1. The number of hydrogen-bond donors (Lipinski definition) is 2. The molecule has 0 aromatic rings. The SMILES string of the molecule is COC[C@@H](O)CN1CCC(N)CC1. The molecule has 0 amide bonds. The molecule has 13 heavy (non-hydrogen) atoms. The van der Waals surface area contributed by atoms with Crippen molar-refractivity contribution in [3.05, 3.63) is 0 Å². The van der Waals surface area contributed by atoms with Crippen LogP contribution in [0.3, 0.4) is 0 Å². The van der Waals surface area contributed by atoms with Gasteiger partial charge < -0.3 is 20.5 Å². The maximum absolute atomic E-state index is 9.47. The minimum atomic E-state index is -0.362. The Balaban J connectivity index is 2.14. The van der Waals surface area contributed by atoms with E-state index in [0.717, 1.165) is 25.9 Å². The van der Waals surface area contributed by atoms with Crippen LogP contribution in [0.15, 0.2) is 0 Å². The van der Waals surface area contributed by atoms with Gasteiger partial charge in [-0.05, 0) is 25.9 Å². The number of aliphatic hydroxyl groups excluding tert-OH is 1. The van der Waals surface area contributed by atoms with E-state index in [9.17, 15) is 5.11 Å². The average molecular weight is 188 g/mol. The topological polar surface area (TPSA) is 58.7 Å². The van der Waals surface area contributed by atoms with Gasteiger partial charge in [-0.15, -0.1) is 0 Å². The van der Waals surface area contributed by atoms with Crippen molar-refractivity contribution >= 4 is 0 Å².